The normalized spacial score (nSPS) is 22.5. The van der Waals surface area contributed by atoms with Gasteiger partial charge in [-0.05, 0) is 30.9 Å². The zero-order valence-electron chi connectivity index (χ0n) is 10.3. The molecule has 18 heavy (non-hydrogen) atoms. The van der Waals surface area contributed by atoms with Crippen molar-refractivity contribution in [3.63, 3.8) is 0 Å². The fourth-order valence-corrected chi connectivity index (χ4v) is 3.34. The molecule has 0 radical (unpaired) electrons. The molecule has 1 aromatic carbocycles. The van der Waals surface area contributed by atoms with E-state index in [0.717, 1.165) is 12.8 Å². The second-order valence-corrected chi connectivity index (χ2v) is 5.25. The van der Waals surface area contributed by atoms with E-state index in [1.165, 1.54) is 34.3 Å². The van der Waals surface area contributed by atoms with Crippen molar-refractivity contribution in [2.24, 2.45) is 4.99 Å². The Balaban J connectivity index is 2.11. The topological polar surface area (TPSA) is 37.5 Å². The first-order valence-corrected chi connectivity index (χ1v) is 6.66. The summed E-state index contributed by atoms with van der Waals surface area (Å²) in [5.41, 5.74) is 5.17. The van der Waals surface area contributed by atoms with Crippen molar-refractivity contribution in [2.75, 3.05) is 6.54 Å². The van der Waals surface area contributed by atoms with Gasteiger partial charge in [0.15, 0.2) is 0 Å². The van der Waals surface area contributed by atoms with Crippen LogP contribution in [0.3, 0.4) is 0 Å². The maximum atomic E-state index is 10.0. The van der Waals surface area contributed by atoms with Gasteiger partial charge in [-0.3, -0.25) is 4.99 Å². The third kappa shape index (κ3) is 1.31. The van der Waals surface area contributed by atoms with Crippen LogP contribution in [0.4, 0.5) is 0 Å². The molecule has 0 spiro atoms. The number of benzene rings is 1. The van der Waals surface area contributed by atoms with E-state index in [4.69, 9.17) is 0 Å². The largest absolute Gasteiger partial charge is 0.389 e. The molecule has 2 aromatic rings. The number of hydrogen-bond acceptors (Lipinski definition) is 2. The van der Waals surface area contributed by atoms with Gasteiger partial charge >= 0.3 is 0 Å². The van der Waals surface area contributed by atoms with Crippen molar-refractivity contribution >= 4 is 16.6 Å². The van der Waals surface area contributed by atoms with Crippen LogP contribution in [0.1, 0.15) is 24.1 Å². The van der Waals surface area contributed by atoms with E-state index in [0.29, 0.717) is 13.1 Å². The van der Waals surface area contributed by atoms with Crippen LogP contribution >= 0.6 is 0 Å². The van der Waals surface area contributed by atoms with Gasteiger partial charge in [-0.15, -0.1) is 0 Å². The monoisotopic (exact) mass is 240 g/mol. The van der Waals surface area contributed by atoms with Crippen molar-refractivity contribution in [2.45, 2.75) is 31.9 Å². The molecule has 3 nitrogen and oxygen atoms in total. The molecular weight excluding hydrogens is 224 g/mol. The molecule has 0 amide bonds. The minimum absolute atomic E-state index is 0.358. The van der Waals surface area contributed by atoms with Crippen molar-refractivity contribution in [3.8, 4) is 0 Å². The van der Waals surface area contributed by atoms with Gasteiger partial charge in [0, 0.05) is 10.9 Å². The Morgan fingerprint density at radius 2 is 2.11 bits per heavy atom. The fraction of sp³-hybridized carbons (Fsp3) is 0.400. The Hall–Kier alpha value is -1.61. The van der Waals surface area contributed by atoms with Gasteiger partial charge in [0.25, 0.3) is 0 Å². The molecule has 92 valence electrons. The Morgan fingerprint density at radius 1 is 1.22 bits per heavy atom. The first kappa shape index (κ1) is 10.3. The van der Waals surface area contributed by atoms with Gasteiger partial charge in [0.2, 0.25) is 0 Å². The Morgan fingerprint density at radius 3 is 3.06 bits per heavy atom. The van der Waals surface area contributed by atoms with Gasteiger partial charge in [-0.2, -0.15) is 0 Å². The third-order valence-corrected chi connectivity index (χ3v) is 4.08. The van der Waals surface area contributed by atoms with Crippen LogP contribution in [0, 0.1) is 0 Å². The first-order valence-electron chi connectivity index (χ1n) is 6.66. The zero-order chi connectivity index (χ0) is 12.1. The summed E-state index contributed by atoms with van der Waals surface area (Å²) in [6.07, 6.45) is 3.01. The van der Waals surface area contributed by atoms with E-state index < -0.39 is 0 Å². The number of nitrogens with zero attached hydrogens (tertiary/aromatic N) is 2. The van der Waals surface area contributed by atoms with E-state index in [2.05, 4.69) is 33.8 Å². The van der Waals surface area contributed by atoms with Crippen LogP contribution in [0.2, 0.25) is 0 Å². The van der Waals surface area contributed by atoms with E-state index in [-0.39, 0.29) is 6.10 Å². The maximum absolute atomic E-state index is 10.0. The molecule has 1 atom stereocenters. The molecule has 1 aliphatic carbocycles. The molecule has 0 bridgehead atoms. The zero-order valence-corrected chi connectivity index (χ0v) is 10.3. The van der Waals surface area contributed by atoms with Gasteiger partial charge in [0.1, 0.15) is 0 Å². The molecule has 2 aliphatic rings. The van der Waals surface area contributed by atoms with E-state index in [1.807, 2.05) is 0 Å². The summed E-state index contributed by atoms with van der Waals surface area (Å²) >= 11 is 0. The lowest BCUT2D eigenvalue weighted by Crippen LogP contribution is -2.18. The van der Waals surface area contributed by atoms with Crippen LogP contribution in [0.25, 0.3) is 10.9 Å². The molecular formula is C15H16N2O. The molecule has 3 heteroatoms. The SMILES string of the molecule is OC1CN=C2CCCc3c2n(c2ccccc32)C1. The highest BCUT2D eigenvalue weighted by atomic mass is 16.3. The summed E-state index contributed by atoms with van der Waals surface area (Å²) < 4.78 is 2.28. The molecule has 0 fully saturated rings. The Labute approximate surface area is 106 Å². The lowest BCUT2D eigenvalue weighted by molar-refractivity contribution is 0.166. The summed E-state index contributed by atoms with van der Waals surface area (Å²) in [5, 5.41) is 11.4. The number of hydrogen-bond donors (Lipinski definition) is 1. The summed E-state index contributed by atoms with van der Waals surface area (Å²) in [4.78, 5) is 4.62. The van der Waals surface area contributed by atoms with Crippen molar-refractivity contribution in [1.82, 2.24) is 4.57 Å². The standard InChI is InChI=1S/C15H16N2O/c18-10-8-16-13-6-3-5-12-11-4-1-2-7-14(11)17(9-10)15(12)13/h1-2,4,7,10,18H,3,5-6,8-9H2. The average molecular weight is 240 g/mol. The quantitative estimate of drug-likeness (QED) is 0.752. The Bertz CT molecular complexity index is 654. The predicted molar refractivity (Wildman–Crippen MR) is 72.3 cm³/mol. The minimum Gasteiger partial charge on any atom is -0.389 e. The smallest absolute Gasteiger partial charge is 0.0914 e. The maximum Gasteiger partial charge on any atom is 0.0914 e. The number of aliphatic imine (C=N–C) groups is 1. The minimum atomic E-state index is -0.358. The lowest BCUT2D eigenvalue weighted by Gasteiger charge is -2.16. The Kier molecular flexibility index (Phi) is 2.12. The molecule has 1 aliphatic heterocycles. The second kappa shape index (κ2) is 3.69. The van der Waals surface area contributed by atoms with Crippen LogP contribution in [-0.4, -0.2) is 28.0 Å². The number of aromatic nitrogens is 1. The number of aliphatic hydroxyl groups excluding tert-OH is 1. The van der Waals surface area contributed by atoms with E-state index >= 15 is 0 Å². The number of rotatable bonds is 0. The third-order valence-electron chi connectivity index (χ3n) is 4.08. The second-order valence-electron chi connectivity index (χ2n) is 5.25. The lowest BCUT2D eigenvalue weighted by atomic mass is 9.94. The molecule has 0 saturated heterocycles. The molecule has 1 N–H and O–H groups in total. The molecule has 1 aromatic heterocycles. The highest BCUT2D eigenvalue weighted by Gasteiger charge is 2.27. The van der Waals surface area contributed by atoms with Crippen molar-refractivity contribution in [1.29, 1.82) is 0 Å². The summed E-state index contributed by atoms with van der Waals surface area (Å²) in [6, 6.07) is 8.52. The summed E-state index contributed by atoms with van der Waals surface area (Å²) in [5.74, 6) is 0. The highest BCUT2D eigenvalue weighted by Crippen LogP contribution is 2.33. The van der Waals surface area contributed by atoms with Gasteiger partial charge in [-0.1, -0.05) is 18.2 Å². The molecule has 0 saturated carbocycles. The fourth-order valence-electron chi connectivity index (χ4n) is 3.34. The molecule has 2 heterocycles. The number of para-hydroxylation sites is 1. The van der Waals surface area contributed by atoms with Crippen LogP contribution in [0.15, 0.2) is 29.3 Å². The molecule has 1 unspecified atom stereocenters. The van der Waals surface area contributed by atoms with Gasteiger partial charge < -0.3 is 9.67 Å². The van der Waals surface area contributed by atoms with Gasteiger partial charge in [-0.25, -0.2) is 0 Å². The number of aryl methyl sites for hydroxylation is 1. The number of aliphatic hydroxyl groups is 1. The van der Waals surface area contributed by atoms with Crippen molar-refractivity contribution < 1.29 is 5.11 Å². The van der Waals surface area contributed by atoms with Crippen LogP contribution in [0.5, 0.6) is 0 Å². The van der Waals surface area contributed by atoms with Crippen molar-refractivity contribution in [3.05, 3.63) is 35.5 Å². The van der Waals surface area contributed by atoms with Crippen LogP contribution < -0.4 is 0 Å². The molecule has 4 rings (SSSR count). The van der Waals surface area contributed by atoms with Gasteiger partial charge in [0.05, 0.1) is 30.6 Å². The summed E-state index contributed by atoms with van der Waals surface area (Å²) in [7, 11) is 0. The first-order chi connectivity index (χ1) is 8.84. The van der Waals surface area contributed by atoms with Crippen LogP contribution in [-0.2, 0) is 13.0 Å². The predicted octanol–water partition coefficient (Wildman–Crippen LogP) is 2.14. The van der Waals surface area contributed by atoms with E-state index in [1.54, 1.807) is 0 Å². The average Bonchev–Trinajstić information content (AvgIpc) is 2.61. The van der Waals surface area contributed by atoms with E-state index in [9.17, 15) is 5.11 Å². The number of fused-ring (bicyclic) bond motifs is 3. The summed E-state index contributed by atoms with van der Waals surface area (Å²) in [6.45, 7) is 1.22. The highest BCUT2D eigenvalue weighted by molar-refractivity contribution is 6.07.